The van der Waals surface area contributed by atoms with Crippen LogP contribution < -0.4 is 10.6 Å². The molecule has 6 nitrogen and oxygen atoms in total. The number of carbonyl (C=O) groups excluding carboxylic acids is 1. The van der Waals surface area contributed by atoms with Gasteiger partial charge in [-0.2, -0.15) is 0 Å². The van der Waals surface area contributed by atoms with E-state index in [1.807, 2.05) is 0 Å². The summed E-state index contributed by atoms with van der Waals surface area (Å²) in [5, 5.41) is 23.6. The normalized spacial score (nSPS) is 9.96. The van der Waals surface area contributed by atoms with Crippen LogP contribution in [0.25, 0.3) is 0 Å². The van der Waals surface area contributed by atoms with Gasteiger partial charge in [-0.3, -0.25) is 10.1 Å². The van der Waals surface area contributed by atoms with Crippen molar-refractivity contribution in [3.05, 3.63) is 58.1 Å². The Morgan fingerprint density at radius 2 is 1.74 bits per heavy atom. The number of aromatic hydroxyl groups is 1. The van der Waals surface area contributed by atoms with Crippen molar-refractivity contribution in [3.63, 3.8) is 0 Å². The van der Waals surface area contributed by atoms with E-state index in [0.717, 1.165) is 4.47 Å². The third-order valence-electron chi connectivity index (χ3n) is 2.82. The van der Waals surface area contributed by atoms with E-state index in [1.54, 1.807) is 24.3 Å². The van der Waals surface area contributed by atoms with Gasteiger partial charge in [0.15, 0.2) is 5.11 Å². The van der Waals surface area contributed by atoms with Crippen molar-refractivity contribution in [1.29, 1.82) is 0 Å². The van der Waals surface area contributed by atoms with Crippen LogP contribution in [0.2, 0.25) is 0 Å². The summed E-state index contributed by atoms with van der Waals surface area (Å²) in [5.41, 5.74) is 0.493. The Hall–Kier alpha value is -2.45. The van der Waals surface area contributed by atoms with Crippen LogP contribution in [-0.4, -0.2) is 27.2 Å². The maximum Gasteiger partial charge on any atom is 0.339 e. The minimum absolute atomic E-state index is 0.0138. The molecule has 23 heavy (non-hydrogen) atoms. The Morgan fingerprint density at radius 3 is 2.35 bits per heavy atom. The quantitative estimate of drug-likeness (QED) is 0.471. The molecule has 0 radical (unpaired) electrons. The smallest absolute Gasteiger partial charge is 0.339 e. The molecule has 2 aromatic rings. The molecule has 1 amide bonds. The highest BCUT2D eigenvalue weighted by molar-refractivity contribution is 9.10. The monoisotopic (exact) mass is 394 g/mol. The molecule has 2 aromatic carbocycles. The van der Waals surface area contributed by atoms with Crippen LogP contribution in [0.1, 0.15) is 20.7 Å². The third kappa shape index (κ3) is 4.51. The summed E-state index contributed by atoms with van der Waals surface area (Å²) in [6.07, 6.45) is 0. The number of aromatic carboxylic acids is 1. The standard InChI is InChI=1S/C15H11BrN2O4S/c16-9-3-1-8(2-4-9)13(20)18-15(23)17-10-5-6-12(19)11(7-10)14(21)22/h1-7,19H,(H,21,22)(H2,17,18,20,23). The zero-order valence-corrected chi connectivity index (χ0v) is 13.9. The predicted molar refractivity (Wildman–Crippen MR) is 92.9 cm³/mol. The van der Waals surface area contributed by atoms with E-state index in [4.69, 9.17) is 17.3 Å². The molecule has 0 bridgehead atoms. The van der Waals surface area contributed by atoms with E-state index < -0.39 is 11.9 Å². The maximum atomic E-state index is 12.0. The topological polar surface area (TPSA) is 98.7 Å². The van der Waals surface area contributed by atoms with Gasteiger partial charge in [0.2, 0.25) is 0 Å². The first-order chi connectivity index (χ1) is 10.9. The molecule has 4 N–H and O–H groups in total. The Labute approximate surface area is 145 Å². The van der Waals surface area contributed by atoms with Crippen LogP contribution in [0, 0.1) is 0 Å². The minimum Gasteiger partial charge on any atom is -0.507 e. The Bertz CT molecular complexity index is 778. The van der Waals surface area contributed by atoms with Crippen molar-refractivity contribution < 1.29 is 19.8 Å². The van der Waals surface area contributed by atoms with Crippen molar-refractivity contribution in [3.8, 4) is 5.75 Å². The number of amides is 1. The summed E-state index contributed by atoms with van der Waals surface area (Å²) in [7, 11) is 0. The second-order valence-electron chi connectivity index (χ2n) is 4.45. The van der Waals surface area contributed by atoms with E-state index in [1.165, 1.54) is 18.2 Å². The van der Waals surface area contributed by atoms with Crippen LogP contribution in [0.4, 0.5) is 5.69 Å². The van der Waals surface area contributed by atoms with Gasteiger partial charge in [0.25, 0.3) is 5.91 Å². The Morgan fingerprint density at radius 1 is 1.09 bits per heavy atom. The highest BCUT2D eigenvalue weighted by atomic mass is 79.9. The number of carboxylic acids is 1. The largest absolute Gasteiger partial charge is 0.507 e. The first-order valence-corrected chi connectivity index (χ1v) is 7.51. The average Bonchev–Trinajstić information content (AvgIpc) is 2.49. The number of phenols is 1. The molecule has 0 aromatic heterocycles. The van der Waals surface area contributed by atoms with E-state index in [2.05, 4.69) is 26.6 Å². The molecule has 0 heterocycles. The number of carbonyl (C=O) groups is 2. The van der Waals surface area contributed by atoms with Crippen molar-refractivity contribution in [2.24, 2.45) is 0 Å². The number of anilines is 1. The molecule has 0 unspecified atom stereocenters. The van der Waals surface area contributed by atoms with Gasteiger partial charge in [0.05, 0.1) is 0 Å². The molecule has 0 aliphatic rings. The van der Waals surface area contributed by atoms with Crippen LogP contribution in [-0.2, 0) is 0 Å². The lowest BCUT2D eigenvalue weighted by Crippen LogP contribution is -2.34. The average molecular weight is 395 g/mol. The molecule has 8 heteroatoms. The predicted octanol–water partition coefficient (Wildman–Crippen LogP) is 2.98. The van der Waals surface area contributed by atoms with Crippen LogP contribution in [0.5, 0.6) is 5.75 Å². The second-order valence-corrected chi connectivity index (χ2v) is 5.78. The van der Waals surface area contributed by atoms with Crippen LogP contribution in [0.15, 0.2) is 46.9 Å². The van der Waals surface area contributed by atoms with E-state index in [0.29, 0.717) is 11.3 Å². The van der Waals surface area contributed by atoms with Gasteiger partial charge in [-0.1, -0.05) is 15.9 Å². The molecule has 0 spiro atoms. The van der Waals surface area contributed by atoms with Gasteiger partial charge < -0.3 is 15.5 Å². The molecule has 0 atom stereocenters. The van der Waals surface area contributed by atoms with Crippen molar-refractivity contribution in [1.82, 2.24) is 5.32 Å². The SMILES string of the molecule is O=C(NC(=S)Nc1ccc(O)c(C(=O)O)c1)c1ccc(Br)cc1. The number of halogens is 1. The zero-order chi connectivity index (χ0) is 17.0. The molecule has 0 saturated heterocycles. The summed E-state index contributed by atoms with van der Waals surface area (Å²) in [4.78, 5) is 23.0. The summed E-state index contributed by atoms with van der Waals surface area (Å²) < 4.78 is 0.847. The molecular formula is C15H11BrN2O4S. The molecule has 0 aliphatic heterocycles. The highest BCUT2D eigenvalue weighted by Gasteiger charge is 2.12. The second kappa shape index (κ2) is 7.21. The molecule has 2 rings (SSSR count). The lowest BCUT2D eigenvalue weighted by atomic mass is 10.2. The minimum atomic E-state index is -1.27. The number of thiocarbonyl (C=S) groups is 1. The number of nitrogens with one attached hydrogen (secondary N) is 2. The van der Waals surface area contributed by atoms with Gasteiger partial charge in [0.1, 0.15) is 11.3 Å². The van der Waals surface area contributed by atoms with E-state index in [-0.39, 0.29) is 16.4 Å². The van der Waals surface area contributed by atoms with Gasteiger partial charge in [-0.25, -0.2) is 4.79 Å². The summed E-state index contributed by atoms with van der Waals surface area (Å²) >= 11 is 8.29. The molecule has 0 saturated carbocycles. The number of benzene rings is 2. The number of carboxylic acid groups (broad SMARTS) is 1. The molecule has 0 aliphatic carbocycles. The lowest BCUT2D eigenvalue weighted by molar-refractivity contribution is 0.0693. The first kappa shape index (κ1) is 16.9. The summed E-state index contributed by atoms with van der Waals surface area (Å²) in [6.45, 7) is 0. The van der Waals surface area contributed by atoms with Gasteiger partial charge in [-0.15, -0.1) is 0 Å². The van der Waals surface area contributed by atoms with Gasteiger partial charge in [-0.05, 0) is 54.7 Å². The van der Waals surface area contributed by atoms with Gasteiger partial charge in [0, 0.05) is 15.7 Å². The maximum absolute atomic E-state index is 12.0. The Kier molecular flexibility index (Phi) is 5.30. The van der Waals surface area contributed by atoms with E-state index in [9.17, 15) is 14.7 Å². The molecular weight excluding hydrogens is 384 g/mol. The number of hydrogen-bond acceptors (Lipinski definition) is 4. The highest BCUT2D eigenvalue weighted by Crippen LogP contribution is 2.21. The number of rotatable bonds is 3. The van der Waals surface area contributed by atoms with Crippen LogP contribution >= 0.6 is 28.1 Å². The fraction of sp³-hybridized carbons (Fsp3) is 0. The van der Waals surface area contributed by atoms with Crippen molar-refractivity contribution >= 4 is 50.8 Å². The number of hydrogen-bond donors (Lipinski definition) is 4. The Balaban J connectivity index is 2.05. The summed E-state index contributed by atoms with van der Waals surface area (Å²) in [6, 6.07) is 10.6. The molecule has 0 fully saturated rings. The lowest BCUT2D eigenvalue weighted by Gasteiger charge is -2.10. The first-order valence-electron chi connectivity index (χ1n) is 6.31. The van der Waals surface area contributed by atoms with Crippen LogP contribution in [0.3, 0.4) is 0 Å². The summed E-state index contributed by atoms with van der Waals surface area (Å²) in [5.74, 6) is -2.02. The third-order valence-corrected chi connectivity index (χ3v) is 3.55. The van der Waals surface area contributed by atoms with E-state index >= 15 is 0 Å². The van der Waals surface area contributed by atoms with Gasteiger partial charge >= 0.3 is 5.97 Å². The molecule has 118 valence electrons. The zero-order valence-electron chi connectivity index (χ0n) is 11.5. The fourth-order valence-corrected chi connectivity index (χ4v) is 2.20. The van der Waals surface area contributed by atoms with Crippen molar-refractivity contribution in [2.75, 3.05) is 5.32 Å². The fourth-order valence-electron chi connectivity index (χ4n) is 1.72. The van der Waals surface area contributed by atoms with Crippen molar-refractivity contribution in [2.45, 2.75) is 0 Å².